The molecule has 0 aliphatic heterocycles. The maximum absolute atomic E-state index is 13.8. The maximum atomic E-state index is 13.8. The van der Waals surface area contributed by atoms with Crippen LogP contribution in [0.2, 0.25) is 0 Å². The van der Waals surface area contributed by atoms with Crippen molar-refractivity contribution in [2.24, 2.45) is 7.05 Å². The molecule has 2 heterocycles. The molecule has 2 N–H and O–H groups in total. The zero-order valence-corrected chi connectivity index (χ0v) is 15.2. The van der Waals surface area contributed by atoms with Gasteiger partial charge in [0.1, 0.15) is 5.82 Å². The van der Waals surface area contributed by atoms with Crippen molar-refractivity contribution in [1.82, 2.24) is 15.1 Å². The first-order valence-corrected chi connectivity index (χ1v) is 8.82. The van der Waals surface area contributed by atoms with Gasteiger partial charge in [-0.25, -0.2) is 9.18 Å². The summed E-state index contributed by atoms with van der Waals surface area (Å²) in [4.78, 5) is 24.7. The number of amides is 1. The molecule has 0 aliphatic rings. The van der Waals surface area contributed by atoms with Gasteiger partial charge < -0.3 is 10.4 Å². The van der Waals surface area contributed by atoms with Crippen molar-refractivity contribution >= 4 is 29.3 Å². The largest absolute Gasteiger partial charge is 0.477 e. The molecule has 3 rings (SSSR count). The predicted molar refractivity (Wildman–Crippen MR) is 101 cm³/mol. The number of carbonyl (C=O) groups is 2. The second kappa shape index (κ2) is 7.96. The lowest BCUT2D eigenvalue weighted by molar-refractivity contribution is -0.116. The molecule has 3 aromatic rings. The van der Waals surface area contributed by atoms with Crippen LogP contribution in [0.25, 0.3) is 16.5 Å². The Morgan fingerprint density at radius 2 is 2.07 bits per heavy atom. The first-order valence-electron chi connectivity index (χ1n) is 8.00. The number of rotatable bonds is 6. The number of carboxylic acids is 1. The van der Waals surface area contributed by atoms with E-state index >= 15 is 0 Å². The van der Waals surface area contributed by atoms with Crippen molar-refractivity contribution in [2.45, 2.75) is 6.54 Å². The third-order valence-electron chi connectivity index (χ3n) is 3.84. The van der Waals surface area contributed by atoms with Gasteiger partial charge in [-0.05, 0) is 24.3 Å². The topological polar surface area (TPSA) is 84.2 Å². The quantitative estimate of drug-likeness (QED) is 0.638. The van der Waals surface area contributed by atoms with Crippen LogP contribution in [0.1, 0.15) is 20.9 Å². The molecule has 0 saturated carbocycles. The van der Waals surface area contributed by atoms with E-state index in [0.29, 0.717) is 11.1 Å². The second-order valence-electron chi connectivity index (χ2n) is 5.68. The zero-order chi connectivity index (χ0) is 19.4. The minimum absolute atomic E-state index is 0.0343. The average molecular weight is 385 g/mol. The number of hydrogen-bond acceptors (Lipinski definition) is 4. The number of hydrogen-bond donors (Lipinski definition) is 2. The van der Waals surface area contributed by atoms with E-state index in [1.165, 1.54) is 41.4 Å². The Morgan fingerprint density at radius 3 is 2.81 bits per heavy atom. The summed E-state index contributed by atoms with van der Waals surface area (Å²) in [5, 5.41) is 15.7. The Kier molecular flexibility index (Phi) is 5.46. The number of carbonyl (C=O) groups excluding carboxylic acids is 1. The minimum atomic E-state index is -1.10. The molecule has 0 saturated heterocycles. The number of thiophene rings is 1. The molecular formula is C19H16FN3O3S. The number of halogens is 1. The highest BCUT2D eigenvalue weighted by atomic mass is 32.1. The van der Waals surface area contributed by atoms with Gasteiger partial charge in [0.25, 0.3) is 0 Å². The van der Waals surface area contributed by atoms with Gasteiger partial charge in [0.2, 0.25) is 5.91 Å². The highest BCUT2D eigenvalue weighted by molar-refractivity contribution is 7.16. The number of aryl methyl sites for hydroxylation is 1. The van der Waals surface area contributed by atoms with Crippen LogP contribution in [0.4, 0.5) is 4.39 Å². The van der Waals surface area contributed by atoms with Crippen LogP contribution in [-0.4, -0.2) is 26.8 Å². The Hall–Kier alpha value is -3.26. The van der Waals surface area contributed by atoms with Crippen LogP contribution in [-0.2, 0) is 18.4 Å². The molecule has 1 aromatic carbocycles. The highest BCUT2D eigenvalue weighted by Gasteiger charge is 2.15. The number of carboxylic acid groups (broad SMARTS) is 1. The van der Waals surface area contributed by atoms with Crippen LogP contribution in [0.5, 0.6) is 0 Å². The summed E-state index contributed by atoms with van der Waals surface area (Å²) in [6, 6.07) is 10.1. The molecule has 0 bridgehead atoms. The van der Waals surface area contributed by atoms with Crippen molar-refractivity contribution in [3.63, 3.8) is 0 Å². The fraction of sp³-hybridized carbons (Fsp3) is 0.105. The minimum Gasteiger partial charge on any atom is -0.477 e. The van der Waals surface area contributed by atoms with Crippen LogP contribution >= 0.6 is 11.3 Å². The summed E-state index contributed by atoms with van der Waals surface area (Å²) in [7, 11) is 1.53. The van der Waals surface area contributed by atoms with Gasteiger partial charge in [0.05, 0.1) is 6.20 Å². The lowest BCUT2D eigenvalue weighted by Crippen LogP contribution is -2.21. The zero-order valence-electron chi connectivity index (χ0n) is 14.3. The first-order chi connectivity index (χ1) is 13.0. The molecule has 8 heteroatoms. The Bertz CT molecular complexity index is 1020. The first kappa shape index (κ1) is 18.5. The lowest BCUT2D eigenvalue weighted by atomic mass is 10.2. The summed E-state index contributed by atoms with van der Waals surface area (Å²) in [6.45, 7) is 0.0591. The van der Waals surface area contributed by atoms with Crippen LogP contribution in [0.3, 0.4) is 0 Å². The maximum Gasteiger partial charge on any atom is 0.354 e. The Morgan fingerprint density at radius 1 is 1.30 bits per heavy atom. The molecule has 2 aromatic heterocycles. The standard InChI is InChI=1S/C19H16FN3O3S/c1-23-18(19(25)26)12(11-22-23)10-21-17(24)9-7-13-6-8-16(27-13)14-4-2-3-5-15(14)20/h2-9,11H,10H2,1H3,(H,21,24)(H,25,26)/b9-7+. The third-order valence-corrected chi connectivity index (χ3v) is 4.92. The van der Waals surface area contributed by atoms with Crippen LogP contribution in [0.15, 0.2) is 48.7 Å². The van der Waals surface area contributed by atoms with E-state index < -0.39 is 5.97 Å². The van der Waals surface area contributed by atoms with E-state index in [4.69, 9.17) is 5.11 Å². The van der Waals surface area contributed by atoms with Gasteiger partial charge >= 0.3 is 5.97 Å². The van der Waals surface area contributed by atoms with Gasteiger partial charge in [-0.2, -0.15) is 5.10 Å². The second-order valence-corrected chi connectivity index (χ2v) is 6.80. The smallest absolute Gasteiger partial charge is 0.354 e. The molecular weight excluding hydrogens is 369 g/mol. The van der Waals surface area contributed by atoms with Gasteiger partial charge in [0.15, 0.2) is 5.69 Å². The summed E-state index contributed by atoms with van der Waals surface area (Å²) < 4.78 is 15.1. The number of nitrogens with one attached hydrogen (secondary N) is 1. The van der Waals surface area contributed by atoms with E-state index in [-0.39, 0.29) is 24.0 Å². The van der Waals surface area contributed by atoms with E-state index in [1.54, 1.807) is 36.4 Å². The van der Waals surface area contributed by atoms with E-state index in [2.05, 4.69) is 10.4 Å². The molecule has 0 spiro atoms. The molecule has 0 atom stereocenters. The molecule has 0 unspecified atom stereocenters. The Labute approximate surface area is 158 Å². The molecule has 1 amide bonds. The number of benzene rings is 1. The number of aromatic carboxylic acids is 1. The average Bonchev–Trinajstić information content (AvgIpc) is 3.25. The number of nitrogens with zero attached hydrogens (tertiary/aromatic N) is 2. The third kappa shape index (κ3) is 4.29. The SMILES string of the molecule is Cn1ncc(CNC(=O)/C=C/c2ccc(-c3ccccc3F)s2)c1C(=O)O. The van der Waals surface area contributed by atoms with Crippen molar-refractivity contribution in [3.05, 3.63) is 70.6 Å². The van der Waals surface area contributed by atoms with Crippen LogP contribution in [0, 0.1) is 5.82 Å². The monoisotopic (exact) mass is 385 g/mol. The highest BCUT2D eigenvalue weighted by Crippen LogP contribution is 2.30. The van der Waals surface area contributed by atoms with Gasteiger partial charge in [-0.3, -0.25) is 9.48 Å². The molecule has 0 fully saturated rings. The summed E-state index contributed by atoms with van der Waals surface area (Å²) in [5.74, 6) is -1.76. The predicted octanol–water partition coefficient (Wildman–Crippen LogP) is 3.32. The van der Waals surface area contributed by atoms with Crippen LogP contribution < -0.4 is 5.32 Å². The van der Waals surface area contributed by atoms with E-state index in [0.717, 1.165) is 9.75 Å². The summed E-state index contributed by atoms with van der Waals surface area (Å²) in [6.07, 6.45) is 4.40. The van der Waals surface area contributed by atoms with Gasteiger partial charge in [-0.15, -0.1) is 11.3 Å². The Balaban J connectivity index is 1.63. The fourth-order valence-electron chi connectivity index (χ4n) is 2.54. The van der Waals surface area contributed by atoms with Crippen molar-refractivity contribution in [3.8, 4) is 10.4 Å². The van der Waals surface area contributed by atoms with Crippen molar-refractivity contribution < 1.29 is 19.1 Å². The van der Waals surface area contributed by atoms with Gasteiger partial charge in [-0.1, -0.05) is 18.2 Å². The van der Waals surface area contributed by atoms with E-state index in [1.807, 2.05) is 0 Å². The molecule has 0 aliphatic carbocycles. The normalized spacial score (nSPS) is 11.0. The molecule has 27 heavy (non-hydrogen) atoms. The molecule has 6 nitrogen and oxygen atoms in total. The van der Waals surface area contributed by atoms with E-state index in [9.17, 15) is 14.0 Å². The van der Waals surface area contributed by atoms with Crippen molar-refractivity contribution in [1.29, 1.82) is 0 Å². The lowest BCUT2D eigenvalue weighted by Gasteiger charge is -2.02. The molecule has 138 valence electrons. The summed E-state index contributed by atoms with van der Waals surface area (Å²) >= 11 is 1.37. The number of aromatic nitrogens is 2. The van der Waals surface area contributed by atoms with Crippen molar-refractivity contribution in [2.75, 3.05) is 0 Å². The van der Waals surface area contributed by atoms with Gasteiger partial charge in [0, 0.05) is 40.5 Å². The fourth-order valence-corrected chi connectivity index (χ4v) is 3.47. The summed E-state index contributed by atoms with van der Waals surface area (Å²) in [5.41, 5.74) is 0.973. The molecule has 0 radical (unpaired) electrons.